The van der Waals surface area contributed by atoms with Crippen molar-refractivity contribution in [1.82, 2.24) is 14.5 Å². The van der Waals surface area contributed by atoms with Gasteiger partial charge in [-0.2, -0.15) is 0 Å². The predicted molar refractivity (Wildman–Crippen MR) is 197 cm³/mol. The fraction of sp³-hybridized carbons (Fsp3) is 0.0455. The van der Waals surface area contributed by atoms with Crippen molar-refractivity contribution >= 4 is 43.4 Å². The molecular formula is C44H31N3. The Morgan fingerprint density at radius 1 is 0.468 bits per heavy atom. The van der Waals surface area contributed by atoms with Gasteiger partial charge in [0.2, 0.25) is 0 Å². The van der Waals surface area contributed by atoms with Gasteiger partial charge in [0.1, 0.15) is 11.6 Å². The second-order valence-corrected chi connectivity index (χ2v) is 12.1. The van der Waals surface area contributed by atoms with Gasteiger partial charge < -0.3 is 0 Å². The highest BCUT2D eigenvalue weighted by Gasteiger charge is 2.20. The van der Waals surface area contributed by atoms with E-state index in [-0.39, 0.29) is 0 Å². The van der Waals surface area contributed by atoms with Gasteiger partial charge in [-0.3, -0.25) is 4.57 Å². The summed E-state index contributed by atoms with van der Waals surface area (Å²) in [7, 11) is 0. The van der Waals surface area contributed by atoms with Gasteiger partial charge in [-0.1, -0.05) is 128 Å². The van der Waals surface area contributed by atoms with Gasteiger partial charge in [-0.25, -0.2) is 9.97 Å². The van der Waals surface area contributed by atoms with Crippen LogP contribution in [0.4, 0.5) is 0 Å². The number of hydrogen-bond acceptors (Lipinski definition) is 2. The third-order valence-corrected chi connectivity index (χ3v) is 9.34. The highest BCUT2D eigenvalue weighted by molar-refractivity contribution is 6.22. The van der Waals surface area contributed by atoms with E-state index in [1.54, 1.807) is 0 Å². The normalized spacial score (nSPS) is 11.6. The average Bonchev–Trinajstić information content (AvgIpc) is 3.53. The average molecular weight is 602 g/mol. The first-order valence-electron chi connectivity index (χ1n) is 16.2. The molecule has 222 valence electrons. The summed E-state index contributed by atoms with van der Waals surface area (Å²) >= 11 is 0. The van der Waals surface area contributed by atoms with Crippen molar-refractivity contribution in [3.63, 3.8) is 0 Å². The minimum atomic E-state index is 0.815. The molecule has 0 saturated heterocycles. The number of imidazole rings is 1. The summed E-state index contributed by atoms with van der Waals surface area (Å²) in [4.78, 5) is 10.3. The van der Waals surface area contributed by atoms with Crippen molar-refractivity contribution in [2.24, 2.45) is 0 Å². The third kappa shape index (κ3) is 4.51. The summed E-state index contributed by atoms with van der Waals surface area (Å²) in [6, 6.07) is 56.5. The lowest BCUT2D eigenvalue weighted by molar-refractivity contribution is 0.886. The van der Waals surface area contributed by atoms with Crippen LogP contribution >= 0.6 is 0 Å². The van der Waals surface area contributed by atoms with Crippen LogP contribution in [0.25, 0.3) is 82.7 Å². The first kappa shape index (κ1) is 27.3. The van der Waals surface area contributed by atoms with Crippen LogP contribution in [0.1, 0.15) is 12.7 Å². The molecule has 0 bridgehead atoms. The standard InChI is InChI=1S/C44H31N3/c1-2-41-45-38-19-10-11-21-40(38)47(41)42-22-12-20-39(46-42)44-35-18-9-8-17-34(35)43(33-24-23-30-15-6-7-16-31(30)27-33)37-28-32(25-26-36(37)44)29-13-4-3-5-14-29/h3-28H,2H2,1H3. The molecule has 0 atom stereocenters. The highest BCUT2D eigenvalue weighted by Crippen LogP contribution is 2.45. The zero-order valence-corrected chi connectivity index (χ0v) is 26.1. The second kappa shape index (κ2) is 11.1. The van der Waals surface area contributed by atoms with Crippen molar-refractivity contribution in [3.05, 3.63) is 164 Å². The first-order valence-corrected chi connectivity index (χ1v) is 16.2. The lowest BCUT2D eigenvalue weighted by Gasteiger charge is -2.19. The maximum atomic E-state index is 5.39. The van der Waals surface area contributed by atoms with Gasteiger partial charge in [0, 0.05) is 12.0 Å². The zero-order valence-electron chi connectivity index (χ0n) is 26.1. The number of pyridine rings is 1. The first-order chi connectivity index (χ1) is 23.3. The summed E-state index contributed by atoms with van der Waals surface area (Å²) in [6.45, 7) is 2.15. The van der Waals surface area contributed by atoms with E-state index in [1.807, 2.05) is 6.07 Å². The number of aryl methyl sites for hydroxylation is 1. The fourth-order valence-electron chi connectivity index (χ4n) is 7.18. The van der Waals surface area contributed by atoms with Crippen LogP contribution < -0.4 is 0 Å². The SMILES string of the molecule is CCc1nc2ccccc2n1-c1cccc(-c2c3ccccc3c(-c3ccc4ccccc4c3)c3cc(-c4ccccc4)ccc23)n1. The zero-order chi connectivity index (χ0) is 31.3. The Labute approximate surface area is 273 Å². The van der Waals surface area contributed by atoms with Crippen LogP contribution in [-0.2, 0) is 6.42 Å². The number of nitrogens with zero attached hydrogens (tertiary/aromatic N) is 3. The molecule has 0 fully saturated rings. The van der Waals surface area contributed by atoms with E-state index in [0.717, 1.165) is 40.4 Å². The van der Waals surface area contributed by atoms with E-state index >= 15 is 0 Å². The van der Waals surface area contributed by atoms with E-state index < -0.39 is 0 Å². The number of aromatic nitrogens is 3. The van der Waals surface area contributed by atoms with Gasteiger partial charge >= 0.3 is 0 Å². The summed E-state index contributed by atoms with van der Waals surface area (Å²) in [5.41, 5.74) is 9.00. The molecule has 0 saturated carbocycles. The third-order valence-electron chi connectivity index (χ3n) is 9.34. The van der Waals surface area contributed by atoms with E-state index in [0.29, 0.717) is 0 Å². The van der Waals surface area contributed by atoms with Gasteiger partial charge in [0.05, 0.1) is 16.7 Å². The van der Waals surface area contributed by atoms with E-state index in [1.165, 1.54) is 54.6 Å². The molecule has 0 spiro atoms. The predicted octanol–water partition coefficient (Wildman–Crippen LogP) is 11.4. The number of benzene rings is 7. The van der Waals surface area contributed by atoms with Crippen molar-refractivity contribution in [2.75, 3.05) is 0 Å². The molecule has 0 aliphatic rings. The van der Waals surface area contributed by atoms with Gasteiger partial charge in [0.25, 0.3) is 0 Å². The molecule has 3 heteroatoms. The molecule has 9 rings (SSSR count). The largest absolute Gasteiger partial charge is 0.280 e. The summed E-state index contributed by atoms with van der Waals surface area (Å²) < 4.78 is 2.21. The molecule has 2 heterocycles. The Hall–Kier alpha value is -6.06. The molecular weight excluding hydrogens is 571 g/mol. The van der Waals surface area contributed by atoms with Gasteiger partial charge in [-0.15, -0.1) is 0 Å². The number of hydrogen-bond donors (Lipinski definition) is 0. The van der Waals surface area contributed by atoms with Crippen LogP contribution in [-0.4, -0.2) is 14.5 Å². The molecule has 9 aromatic rings. The van der Waals surface area contributed by atoms with Crippen molar-refractivity contribution in [3.8, 4) is 39.3 Å². The number of rotatable bonds is 5. The van der Waals surface area contributed by atoms with E-state index in [4.69, 9.17) is 9.97 Å². The monoisotopic (exact) mass is 601 g/mol. The Morgan fingerprint density at radius 3 is 2.02 bits per heavy atom. The molecule has 47 heavy (non-hydrogen) atoms. The van der Waals surface area contributed by atoms with E-state index in [2.05, 4.69) is 163 Å². The Bertz CT molecular complexity index is 2610. The molecule has 0 aliphatic carbocycles. The van der Waals surface area contributed by atoms with Crippen LogP contribution in [0.15, 0.2) is 158 Å². The molecule has 0 aliphatic heterocycles. The van der Waals surface area contributed by atoms with Crippen molar-refractivity contribution in [1.29, 1.82) is 0 Å². The lowest BCUT2D eigenvalue weighted by Crippen LogP contribution is -2.03. The molecule has 0 N–H and O–H groups in total. The minimum absolute atomic E-state index is 0.815. The molecule has 0 amide bonds. The lowest BCUT2D eigenvalue weighted by atomic mass is 9.85. The number of para-hydroxylation sites is 2. The van der Waals surface area contributed by atoms with Crippen LogP contribution in [0.5, 0.6) is 0 Å². The Morgan fingerprint density at radius 2 is 1.17 bits per heavy atom. The molecule has 3 nitrogen and oxygen atoms in total. The minimum Gasteiger partial charge on any atom is -0.280 e. The van der Waals surface area contributed by atoms with Crippen molar-refractivity contribution in [2.45, 2.75) is 13.3 Å². The second-order valence-electron chi connectivity index (χ2n) is 12.1. The van der Waals surface area contributed by atoms with E-state index in [9.17, 15) is 0 Å². The molecule has 7 aromatic carbocycles. The molecule has 0 radical (unpaired) electrons. The van der Waals surface area contributed by atoms with Crippen LogP contribution in [0, 0.1) is 0 Å². The molecule has 2 aromatic heterocycles. The fourth-order valence-corrected chi connectivity index (χ4v) is 7.18. The summed E-state index contributed by atoms with van der Waals surface area (Å²) in [5, 5.41) is 7.27. The summed E-state index contributed by atoms with van der Waals surface area (Å²) in [5.74, 6) is 1.88. The maximum Gasteiger partial charge on any atom is 0.139 e. The van der Waals surface area contributed by atoms with Gasteiger partial charge in [0.15, 0.2) is 0 Å². The van der Waals surface area contributed by atoms with Crippen molar-refractivity contribution < 1.29 is 0 Å². The van der Waals surface area contributed by atoms with Gasteiger partial charge in [-0.05, 0) is 91.0 Å². The summed E-state index contributed by atoms with van der Waals surface area (Å²) in [6.07, 6.45) is 0.815. The smallest absolute Gasteiger partial charge is 0.139 e. The quantitative estimate of drug-likeness (QED) is 0.184. The topological polar surface area (TPSA) is 30.7 Å². The van der Waals surface area contributed by atoms with Crippen LogP contribution in [0.3, 0.4) is 0 Å². The maximum absolute atomic E-state index is 5.39. The highest BCUT2D eigenvalue weighted by atomic mass is 15.1. The number of fused-ring (bicyclic) bond motifs is 4. The Balaban J connectivity index is 1.36. The van der Waals surface area contributed by atoms with Crippen LogP contribution in [0.2, 0.25) is 0 Å². The molecule has 0 unspecified atom stereocenters. The Kier molecular flexibility index (Phi) is 6.43.